The summed E-state index contributed by atoms with van der Waals surface area (Å²) in [5.41, 5.74) is 2.83. The molecule has 0 N–H and O–H groups in total. The predicted molar refractivity (Wildman–Crippen MR) is 143 cm³/mol. The largest absolute Gasteiger partial charge is 0.497 e. The smallest absolute Gasteiger partial charge is 0.255 e. The Morgan fingerprint density at radius 3 is 2.67 bits per heavy atom. The number of hydrogen-bond acceptors (Lipinski definition) is 6. The fourth-order valence-electron chi connectivity index (χ4n) is 5.87. The zero-order valence-corrected chi connectivity index (χ0v) is 22.2. The van der Waals surface area contributed by atoms with Crippen molar-refractivity contribution >= 4 is 5.91 Å². The Morgan fingerprint density at radius 1 is 1.13 bits per heavy atom. The number of rotatable bonds is 6. The van der Waals surface area contributed by atoms with Gasteiger partial charge in [0.15, 0.2) is 5.82 Å². The minimum atomic E-state index is -1.16. The first-order valence-corrected chi connectivity index (χ1v) is 13.2. The van der Waals surface area contributed by atoms with E-state index in [-0.39, 0.29) is 23.9 Å². The molecule has 200 valence electrons. The van der Waals surface area contributed by atoms with Crippen molar-refractivity contribution in [2.24, 2.45) is 0 Å². The van der Waals surface area contributed by atoms with E-state index < -0.39 is 11.4 Å². The maximum atomic E-state index is 15.3. The molecular formula is C30H30FN5O3. The van der Waals surface area contributed by atoms with E-state index in [1.54, 1.807) is 18.2 Å². The number of benzene rings is 2. The molecule has 8 nitrogen and oxygen atoms in total. The van der Waals surface area contributed by atoms with Crippen molar-refractivity contribution in [1.29, 1.82) is 0 Å². The lowest BCUT2D eigenvalue weighted by molar-refractivity contribution is -0.0394. The minimum absolute atomic E-state index is 0.0755. The van der Waals surface area contributed by atoms with Crippen molar-refractivity contribution in [2.45, 2.75) is 50.9 Å². The molecule has 0 saturated carbocycles. The first kappa shape index (κ1) is 25.2. The van der Waals surface area contributed by atoms with E-state index >= 15 is 4.39 Å². The summed E-state index contributed by atoms with van der Waals surface area (Å²) >= 11 is 0. The van der Waals surface area contributed by atoms with Crippen LogP contribution in [0, 0.1) is 5.82 Å². The van der Waals surface area contributed by atoms with Crippen molar-refractivity contribution in [3.63, 3.8) is 0 Å². The lowest BCUT2D eigenvalue weighted by atomic mass is 9.85. The summed E-state index contributed by atoms with van der Waals surface area (Å²) in [7, 11) is 1.61. The Balaban J connectivity index is 1.43. The third-order valence-electron chi connectivity index (χ3n) is 7.97. The first-order valence-electron chi connectivity index (χ1n) is 13.2. The van der Waals surface area contributed by atoms with E-state index in [1.807, 2.05) is 67.2 Å². The van der Waals surface area contributed by atoms with E-state index in [0.717, 1.165) is 54.5 Å². The Labute approximate surface area is 226 Å². The molecule has 2 aromatic heterocycles. The van der Waals surface area contributed by atoms with E-state index in [2.05, 4.69) is 15.1 Å². The van der Waals surface area contributed by atoms with Crippen LogP contribution in [0.3, 0.4) is 0 Å². The molecule has 0 spiro atoms. The van der Waals surface area contributed by atoms with Gasteiger partial charge in [-0.3, -0.25) is 4.79 Å². The van der Waals surface area contributed by atoms with Crippen LogP contribution in [0.25, 0.3) is 11.1 Å². The molecule has 2 aliphatic rings. The molecule has 9 heteroatoms. The highest BCUT2D eigenvalue weighted by atomic mass is 19.1. The standard InChI is InChI=1S/C30H30FN5O3/c1-19(20-7-10-23(38-3)11-8-20)36-29(37)24-14-21(22-15-34-35(17-22)27-6-4-5-13-39-27)9-12-25(24)30(36,2)28-26(31)16-32-18-33-28/h7-12,14-19,27H,4-6,13H2,1-3H3. The molecule has 0 bridgehead atoms. The second kappa shape index (κ2) is 9.89. The van der Waals surface area contributed by atoms with Gasteiger partial charge in [0.05, 0.1) is 25.5 Å². The van der Waals surface area contributed by atoms with E-state index in [4.69, 9.17) is 9.47 Å². The third kappa shape index (κ3) is 4.17. The second-order valence-electron chi connectivity index (χ2n) is 10.2. The number of ether oxygens (including phenoxy) is 2. The number of carbonyl (C=O) groups is 1. The Kier molecular flexibility index (Phi) is 6.38. The van der Waals surface area contributed by atoms with Gasteiger partial charge in [0.2, 0.25) is 0 Å². The molecular weight excluding hydrogens is 497 g/mol. The molecule has 1 fully saturated rings. The van der Waals surface area contributed by atoms with E-state index in [9.17, 15) is 4.79 Å². The zero-order valence-electron chi connectivity index (χ0n) is 22.2. The van der Waals surface area contributed by atoms with Gasteiger partial charge in [-0.1, -0.05) is 24.3 Å². The van der Waals surface area contributed by atoms with E-state index in [1.165, 1.54) is 6.33 Å². The Morgan fingerprint density at radius 2 is 1.95 bits per heavy atom. The molecule has 1 amide bonds. The van der Waals surface area contributed by atoms with Gasteiger partial charge < -0.3 is 14.4 Å². The molecule has 3 unspecified atom stereocenters. The minimum Gasteiger partial charge on any atom is -0.497 e. The monoisotopic (exact) mass is 527 g/mol. The first-order chi connectivity index (χ1) is 18.9. The highest BCUT2D eigenvalue weighted by Gasteiger charge is 2.52. The summed E-state index contributed by atoms with van der Waals surface area (Å²) in [6, 6.07) is 12.9. The quantitative estimate of drug-likeness (QED) is 0.322. The number of carbonyl (C=O) groups excluding carboxylic acids is 1. The molecule has 2 aliphatic heterocycles. The SMILES string of the molecule is COc1ccc(C(C)N2C(=O)c3cc(-c4cnn(C5CCCCO5)c4)ccc3C2(C)c2ncncc2F)cc1. The number of nitrogens with zero attached hydrogens (tertiary/aromatic N) is 5. The van der Waals surface area contributed by atoms with Gasteiger partial charge in [-0.05, 0) is 68.0 Å². The van der Waals surface area contributed by atoms with Crippen molar-refractivity contribution in [1.82, 2.24) is 24.6 Å². The van der Waals surface area contributed by atoms with Crippen LogP contribution in [0.1, 0.15) is 72.6 Å². The Hall–Kier alpha value is -4.11. The highest BCUT2D eigenvalue weighted by Crippen LogP contribution is 2.49. The van der Waals surface area contributed by atoms with Gasteiger partial charge in [-0.25, -0.2) is 19.0 Å². The van der Waals surface area contributed by atoms with Crippen LogP contribution >= 0.6 is 0 Å². The van der Waals surface area contributed by atoms with Gasteiger partial charge in [0.25, 0.3) is 5.91 Å². The van der Waals surface area contributed by atoms with Gasteiger partial charge in [0.1, 0.15) is 29.5 Å². The molecule has 0 radical (unpaired) electrons. The lowest BCUT2D eigenvalue weighted by Crippen LogP contribution is -2.45. The third-order valence-corrected chi connectivity index (χ3v) is 7.97. The van der Waals surface area contributed by atoms with Crippen LogP contribution in [0.15, 0.2) is 67.4 Å². The van der Waals surface area contributed by atoms with Crippen LogP contribution in [0.5, 0.6) is 5.75 Å². The molecule has 2 aromatic carbocycles. The lowest BCUT2D eigenvalue weighted by Gasteiger charge is -2.40. The number of fused-ring (bicyclic) bond motifs is 1. The molecule has 39 heavy (non-hydrogen) atoms. The average Bonchev–Trinajstić information content (AvgIpc) is 3.55. The number of halogens is 1. The normalized spacial score (nSPS) is 21.6. The van der Waals surface area contributed by atoms with E-state index in [0.29, 0.717) is 11.1 Å². The summed E-state index contributed by atoms with van der Waals surface area (Å²) in [5, 5.41) is 4.53. The highest BCUT2D eigenvalue weighted by molar-refractivity contribution is 6.02. The average molecular weight is 528 g/mol. The van der Waals surface area contributed by atoms with Gasteiger partial charge >= 0.3 is 0 Å². The maximum Gasteiger partial charge on any atom is 0.255 e. The molecule has 4 aromatic rings. The molecule has 0 aliphatic carbocycles. The maximum absolute atomic E-state index is 15.3. The fraction of sp³-hybridized carbons (Fsp3) is 0.333. The number of amides is 1. The summed E-state index contributed by atoms with van der Waals surface area (Å²) in [6.45, 7) is 4.52. The van der Waals surface area contributed by atoms with Crippen LogP contribution in [-0.2, 0) is 10.3 Å². The zero-order chi connectivity index (χ0) is 27.1. The van der Waals surface area contributed by atoms with Crippen molar-refractivity contribution in [3.8, 4) is 16.9 Å². The number of aromatic nitrogens is 4. The topological polar surface area (TPSA) is 82.4 Å². The summed E-state index contributed by atoms with van der Waals surface area (Å²) in [6.07, 6.45) is 9.22. The van der Waals surface area contributed by atoms with Crippen LogP contribution in [-0.4, -0.2) is 44.3 Å². The molecule has 6 rings (SSSR count). The van der Waals surface area contributed by atoms with Crippen LogP contribution < -0.4 is 4.74 Å². The fourth-order valence-corrected chi connectivity index (χ4v) is 5.87. The summed E-state index contributed by atoms with van der Waals surface area (Å²) < 4.78 is 28.3. The van der Waals surface area contributed by atoms with Crippen molar-refractivity contribution in [2.75, 3.05) is 13.7 Å². The van der Waals surface area contributed by atoms with Gasteiger partial charge in [0, 0.05) is 23.9 Å². The van der Waals surface area contributed by atoms with Crippen LogP contribution in [0.2, 0.25) is 0 Å². The summed E-state index contributed by atoms with van der Waals surface area (Å²) in [5.74, 6) is -0.0421. The number of methoxy groups -OCH3 is 1. The molecule has 4 heterocycles. The Bertz CT molecular complexity index is 1520. The number of hydrogen-bond donors (Lipinski definition) is 0. The van der Waals surface area contributed by atoms with Crippen molar-refractivity contribution < 1.29 is 18.7 Å². The van der Waals surface area contributed by atoms with Crippen molar-refractivity contribution in [3.05, 3.63) is 95.6 Å². The molecule has 3 atom stereocenters. The molecule has 1 saturated heterocycles. The predicted octanol–water partition coefficient (Wildman–Crippen LogP) is 5.67. The second-order valence-corrected chi connectivity index (χ2v) is 10.2. The van der Waals surface area contributed by atoms with Crippen LogP contribution in [0.4, 0.5) is 4.39 Å². The van der Waals surface area contributed by atoms with Gasteiger partial charge in [-0.15, -0.1) is 0 Å². The summed E-state index contributed by atoms with van der Waals surface area (Å²) in [4.78, 5) is 24.1. The van der Waals surface area contributed by atoms with Gasteiger partial charge in [-0.2, -0.15) is 5.10 Å².